The van der Waals surface area contributed by atoms with Gasteiger partial charge in [0.25, 0.3) is 11.5 Å². The quantitative estimate of drug-likeness (QED) is 0.336. The normalized spacial score (nSPS) is 11.9. The molecule has 1 aromatic carbocycles. The largest absolute Gasteiger partial charge is 0.495 e. The summed E-state index contributed by atoms with van der Waals surface area (Å²) in [5, 5.41) is 14.7. The molecule has 0 aliphatic rings. The van der Waals surface area contributed by atoms with Gasteiger partial charge in [0.15, 0.2) is 0 Å². The topological polar surface area (TPSA) is 137 Å². The third kappa shape index (κ3) is 4.98. The number of anilines is 2. The van der Waals surface area contributed by atoms with Crippen molar-refractivity contribution < 1.29 is 19.1 Å². The monoisotopic (exact) mass is 528 g/mol. The van der Waals surface area contributed by atoms with E-state index in [0.29, 0.717) is 48.7 Å². The maximum atomic E-state index is 13.4. The molecular weight excluding hydrogens is 504 g/mol. The van der Waals surface area contributed by atoms with Crippen LogP contribution in [-0.4, -0.2) is 45.8 Å². The van der Waals surface area contributed by atoms with Crippen molar-refractivity contribution in [2.45, 2.75) is 32.9 Å². The molecule has 4 aromatic rings. The zero-order chi connectivity index (χ0) is 25.8. The minimum absolute atomic E-state index is 0.287. The predicted molar refractivity (Wildman–Crippen MR) is 138 cm³/mol. The summed E-state index contributed by atoms with van der Waals surface area (Å²) >= 11 is 2.31. The molecule has 3 heterocycles. The molecule has 2 amide bonds. The van der Waals surface area contributed by atoms with E-state index in [-0.39, 0.29) is 12.5 Å². The number of nitrogens with one attached hydrogen (secondary N) is 2. The minimum Gasteiger partial charge on any atom is -0.495 e. The van der Waals surface area contributed by atoms with E-state index in [0.717, 1.165) is 11.3 Å². The Morgan fingerprint density at radius 3 is 2.64 bits per heavy atom. The molecule has 0 aliphatic heterocycles. The molecule has 11 nitrogen and oxygen atoms in total. The summed E-state index contributed by atoms with van der Waals surface area (Å²) in [6, 6.07) is 6.23. The fraction of sp³-hybridized carbons (Fsp3) is 0.304. The van der Waals surface area contributed by atoms with Crippen molar-refractivity contribution in [3.63, 3.8) is 0 Å². The zero-order valence-electron chi connectivity index (χ0n) is 20.0. The van der Waals surface area contributed by atoms with Crippen molar-refractivity contribution in [2.24, 2.45) is 0 Å². The molecule has 0 saturated carbocycles. The van der Waals surface area contributed by atoms with Gasteiger partial charge in [0, 0.05) is 7.11 Å². The van der Waals surface area contributed by atoms with Gasteiger partial charge in [-0.2, -0.15) is 0 Å². The summed E-state index contributed by atoms with van der Waals surface area (Å²) in [7, 11) is 3.06. The average molecular weight is 529 g/mol. The Bertz CT molecular complexity index is 1480. The Hall–Kier alpha value is -3.68. The van der Waals surface area contributed by atoms with Gasteiger partial charge in [-0.05, 0) is 31.0 Å². The van der Waals surface area contributed by atoms with Crippen molar-refractivity contribution in [2.75, 3.05) is 24.9 Å². The van der Waals surface area contributed by atoms with Crippen LogP contribution in [0.4, 0.5) is 10.8 Å². The summed E-state index contributed by atoms with van der Waals surface area (Å²) in [6.45, 7) is 3.78. The van der Waals surface area contributed by atoms with Crippen molar-refractivity contribution in [1.82, 2.24) is 19.7 Å². The standard InChI is InChI=1S/C23H24N6O5S2/c1-5-14(19(30)26-23-28-27-16(35-23)10-33-3)29-11-24-21-17(22(29)32)12(2)18(36-21)20(31)25-13-8-6-7-9-15(13)34-4/h6-9,11,14H,5,10H2,1-4H3,(H,25,31)(H,26,28,30). The number of hydrogen-bond donors (Lipinski definition) is 2. The van der Waals surface area contributed by atoms with E-state index in [4.69, 9.17) is 9.47 Å². The SMILES string of the molecule is CCC(C(=O)Nc1nnc(COC)s1)n1cnc2sc(C(=O)Nc3ccccc3OC)c(C)c2c1=O. The van der Waals surface area contributed by atoms with E-state index in [2.05, 4.69) is 25.8 Å². The average Bonchev–Trinajstić information content (AvgIpc) is 3.45. The molecule has 0 radical (unpaired) electrons. The highest BCUT2D eigenvalue weighted by atomic mass is 32.1. The molecule has 0 bridgehead atoms. The van der Waals surface area contributed by atoms with Gasteiger partial charge < -0.3 is 14.8 Å². The van der Waals surface area contributed by atoms with Crippen LogP contribution in [-0.2, 0) is 16.1 Å². The van der Waals surface area contributed by atoms with E-state index < -0.39 is 17.5 Å². The van der Waals surface area contributed by atoms with Gasteiger partial charge >= 0.3 is 0 Å². The van der Waals surface area contributed by atoms with Crippen LogP contribution in [0.2, 0.25) is 0 Å². The lowest BCUT2D eigenvalue weighted by molar-refractivity contribution is -0.119. The lowest BCUT2D eigenvalue weighted by Crippen LogP contribution is -2.33. The van der Waals surface area contributed by atoms with Gasteiger partial charge in [-0.15, -0.1) is 21.5 Å². The molecule has 36 heavy (non-hydrogen) atoms. The fourth-order valence-electron chi connectivity index (χ4n) is 3.69. The number of ether oxygens (including phenoxy) is 2. The zero-order valence-corrected chi connectivity index (χ0v) is 21.7. The van der Waals surface area contributed by atoms with E-state index in [1.54, 1.807) is 45.2 Å². The molecule has 3 aromatic heterocycles. The number of carbonyl (C=O) groups excluding carboxylic acids is 2. The number of rotatable bonds is 9. The van der Waals surface area contributed by atoms with Gasteiger partial charge in [-0.3, -0.25) is 24.3 Å². The second-order valence-corrected chi connectivity index (χ2v) is 9.76. The second-order valence-electron chi connectivity index (χ2n) is 7.70. The number of benzene rings is 1. The Kier molecular flexibility index (Phi) is 7.72. The van der Waals surface area contributed by atoms with Gasteiger partial charge in [0.05, 0.1) is 29.4 Å². The maximum Gasteiger partial charge on any atom is 0.266 e. The molecular formula is C23H24N6O5S2. The van der Waals surface area contributed by atoms with Crippen LogP contribution in [0.25, 0.3) is 10.2 Å². The Morgan fingerprint density at radius 2 is 1.92 bits per heavy atom. The lowest BCUT2D eigenvalue weighted by atomic mass is 10.1. The number of hydrogen-bond acceptors (Lipinski definition) is 10. The molecule has 13 heteroatoms. The first-order valence-electron chi connectivity index (χ1n) is 10.9. The number of amides is 2. The fourth-order valence-corrected chi connectivity index (χ4v) is 5.44. The smallest absolute Gasteiger partial charge is 0.266 e. The molecule has 0 saturated heterocycles. The minimum atomic E-state index is -0.825. The summed E-state index contributed by atoms with van der Waals surface area (Å²) in [4.78, 5) is 44.6. The Balaban J connectivity index is 1.63. The number of carbonyl (C=O) groups is 2. The van der Waals surface area contributed by atoms with Crippen LogP contribution in [0, 0.1) is 6.92 Å². The Labute approximate surface area is 214 Å². The second kappa shape index (κ2) is 10.9. The van der Waals surface area contributed by atoms with Crippen molar-refractivity contribution in [3.8, 4) is 5.75 Å². The molecule has 0 spiro atoms. The van der Waals surface area contributed by atoms with E-state index in [1.165, 1.54) is 29.3 Å². The van der Waals surface area contributed by atoms with Crippen LogP contribution in [0.3, 0.4) is 0 Å². The molecule has 4 rings (SSSR count). The van der Waals surface area contributed by atoms with Gasteiger partial charge in [-0.25, -0.2) is 4.98 Å². The van der Waals surface area contributed by atoms with Crippen LogP contribution in [0.5, 0.6) is 5.75 Å². The van der Waals surface area contributed by atoms with Crippen LogP contribution in [0.1, 0.15) is 39.6 Å². The predicted octanol–water partition coefficient (Wildman–Crippen LogP) is 3.62. The van der Waals surface area contributed by atoms with Crippen molar-refractivity contribution in [1.29, 1.82) is 0 Å². The van der Waals surface area contributed by atoms with Crippen LogP contribution in [0.15, 0.2) is 35.4 Å². The van der Waals surface area contributed by atoms with Crippen molar-refractivity contribution >= 4 is 55.5 Å². The first-order chi connectivity index (χ1) is 17.4. The third-order valence-electron chi connectivity index (χ3n) is 5.43. The maximum absolute atomic E-state index is 13.4. The lowest BCUT2D eigenvalue weighted by Gasteiger charge is -2.16. The summed E-state index contributed by atoms with van der Waals surface area (Å²) < 4.78 is 11.6. The first kappa shape index (κ1) is 25.4. The molecule has 2 N–H and O–H groups in total. The van der Waals surface area contributed by atoms with Gasteiger partial charge in [-0.1, -0.05) is 30.4 Å². The van der Waals surface area contributed by atoms with E-state index in [1.807, 2.05) is 0 Å². The van der Waals surface area contributed by atoms with Gasteiger partial charge in [0.2, 0.25) is 11.0 Å². The highest BCUT2D eigenvalue weighted by Gasteiger charge is 2.25. The Morgan fingerprint density at radius 1 is 1.14 bits per heavy atom. The summed E-state index contributed by atoms with van der Waals surface area (Å²) in [5.74, 6) is -0.270. The number of para-hydroxylation sites is 2. The van der Waals surface area contributed by atoms with Crippen molar-refractivity contribution in [3.05, 3.63) is 56.4 Å². The van der Waals surface area contributed by atoms with Gasteiger partial charge in [0.1, 0.15) is 28.2 Å². The summed E-state index contributed by atoms with van der Waals surface area (Å²) in [5.41, 5.74) is 0.613. The van der Waals surface area contributed by atoms with E-state index in [9.17, 15) is 14.4 Å². The number of thiophene rings is 1. The number of fused-ring (bicyclic) bond motifs is 1. The number of aryl methyl sites for hydroxylation is 1. The van der Waals surface area contributed by atoms with Crippen LogP contribution < -0.4 is 20.9 Å². The summed E-state index contributed by atoms with van der Waals surface area (Å²) in [6.07, 6.45) is 1.68. The first-order valence-corrected chi connectivity index (χ1v) is 12.6. The van der Waals surface area contributed by atoms with E-state index >= 15 is 0 Å². The molecule has 0 aliphatic carbocycles. The molecule has 1 atom stereocenters. The highest BCUT2D eigenvalue weighted by molar-refractivity contribution is 7.20. The number of aromatic nitrogens is 4. The molecule has 188 valence electrons. The number of nitrogens with zero attached hydrogens (tertiary/aromatic N) is 4. The highest BCUT2D eigenvalue weighted by Crippen LogP contribution is 2.30. The third-order valence-corrected chi connectivity index (χ3v) is 7.44. The van der Waals surface area contributed by atoms with Crippen LogP contribution >= 0.6 is 22.7 Å². The molecule has 0 fully saturated rings. The number of methoxy groups -OCH3 is 2. The molecule has 1 unspecified atom stereocenters.